The van der Waals surface area contributed by atoms with Crippen molar-refractivity contribution in [3.05, 3.63) is 0 Å². The summed E-state index contributed by atoms with van der Waals surface area (Å²) in [6.45, 7) is 2.65. The number of carbonyl (C=O) groups excluding carboxylic acids is 2. The molecule has 0 aromatic rings. The highest BCUT2D eigenvalue weighted by molar-refractivity contribution is 6.05. The topological polar surface area (TPSA) is 40.6 Å². The number of rotatable bonds is 1. The van der Waals surface area contributed by atoms with Crippen molar-refractivity contribution in [1.29, 1.82) is 0 Å². The summed E-state index contributed by atoms with van der Waals surface area (Å²) in [6.07, 6.45) is 3.65. The first-order chi connectivity index (χ1) is 7.25. The first kappa shape index (κ1) is 9.33. The molecule has 3 heterocycles. The van der Waals surface area contributed by atoms with Crippen LogP contribution in [-0.4, -0.2) is 53.2 Å². The van der Waals surface area contributed by atoms with Crippen LogP contribution in [-0.2, 0) is 9.59 Å². The van der Waals surface area contributed by atoms with Crippen molar-refractivity contribution in [2.24, 2.45) is 0 Å². The van der Waals surface area contributed by atoms with Crippen LogP contribution in [0.3, 0.4) is 0 Å². The van der Waals surface area contributed by atoms with Crippen LogP contribution < -0.4 is 0 Å². The molecule has 3 saturated heterocycles. The van der Waals surface area contributed by atoms with Crippen LogP contribution in [0.2, 0.25) is 0 Å². The van der Waals surface area contributed by atoms with Gasteiger partial charge in [0, 0.05) is 18.6 Å². The van der Waals surface area contributed by atoms with Gasteiger partial charge in [-0.25, -0.2) is 0 Å². The Labute approximate surface area is 89.2 Å². The molecule has 3 rings (SSSR count). The maximum atomic E-state index is 11.6. The van der Waals surface area contributed by atoms with Gasteiger partial charge in [0.05, 0.1) is 13.0 Å². The van der Waals surface area contributed by atoms with E-state index in [1.165, 1.54) is 19.4 Å². The fraction of sp³-hybridized carbons (Fsp3) is 0.818. The zero-order valence-corrected chi connectivity index (χ0v) is 8.82. The SMILES string of the molecule is O=C1CC(=O)N(C2CCN3CCCC23)C1. The van der Waals surface area contributed by atoms with E-state index in [4.69, 9.17) is 0 Å². The number of ketones is 1. The normalized spacial score (nSPS) is 36.7. The summed E-state index contributed by atoms with van der Waals surface area (Å²) in [4.78, 5) is 27.2. The van der Waals surface area contributed by atoms with E-state index < -0.39 is 0 Å². The van der Waals surface area contributed by atoms with Crippen LogP contribution in [0.4, 0.5) is 0 Å². The Balaban J connectivity index is 1.77. The first-order valence-electron chi connectivity index (χ1n) is 5.81. The van der Waals surface area contributed by atoms with Gasteiger partial charge in [-0.15, -0.1) is 0 Å². The van der Waals surface area contributed by atoms with Crippen LogP contribution in [0.25, 0.3) is 0 Å². The summed E-state index contributed by atoms with van der Waals surface area (Å²) < 4.78 is 0. The lowest BCUT2D eigenvalue weighted by atomic mass is 10.1. The molecule has 0 radical (unpaired) electrons. The second kappa shape index (κ2) is 3.30. The molecule has 0 N–H and O–H groups in total. The minimum absolute atomic E-state index is 0.0544. The average molecular weight is 208 g/mol. The molecular weight excluding hydrogens is 192 g/mol. The molecule has 2 atom stereocenters. The summed E-state index contributed by atoms with van der Waals surface area (Å²) in [6, 6.07) is 0.867. The summed E-state index contributed by atoms with van der Waals surface area (Å²) in [5.41, 5.74) is 0. The Kier molecular flexibility index (Phi) is 2.06. The van der Waals surface area contributed by atoms with E-state index in [0.717, 1.165) is 13.0 Å². The van der Waals surface area contributed by atoms with E-state index in [-0.39, 0.29) is 18.1 Å². The first-order valence-corrected chi connectivity index (χ1v) is 5.81. The van der Waals surface area contributed by atoms with Gasteiger partial charge >= 0.3 is 0 Å². The number of Topliss-reactive ketones (excluding diaryl/α,β-unsaturated/α-hetero) is 1. The zero-order valence-electron chi connectivity index (χ0n) is 8.82. The molecule has 0 aliphatic carbocycles. The lowest BCUT2D eigenvalue weighted by molar-refractivity contribution is -0.130. The monoisotopic (exact) mass is 208 g/mol. The third-order valence-corrected chi connectivity index (χ3v) is 3.99. The van der Waals surface area contributed by atoms with Crippen LogP contribution in [0, 0.1) is 0 Å². The van der Waals surface area contributed by atoms with Crippen molar-refractivity contribution in [3.8, 4) is 0 Å². The minimum atomic E-state index is 0.0544. The number of hydrogen-bond donors (Lipinski definition) is 0. The molecule has 15 heavy (non-hydrogen) atoms. The van der Waals surface area contributed by atoms with Gasteiger partial charge < -0.3 is 4.90 Å². The summed E-state index contributed by atoms with van der Waals surface area (Å²) >= 11 is 0. The van der Waals surface area contributed by atoms with Gasteiger partial charge in [0.1, 0.15) is 0 Å². The van der Waals surface area contributed by atoms with E-state index in [1.54, 1.807) is 0 Å². The van der Waals surface area contributed by atoms with Crippen molar-refractivity contribution in [2.45, 2.75) is 37.8 Å². The van der Waals surface area contributed by atoms with Crippen molar-refractivity contribution in [1.82, 2.24) is 9.80 Å². The van der Waals surface area contributed by atoms with Gasteiger partial charge in [-0.3, -0.25) is 14.5 Å². The summed E-state index contributed by atoms with van der Waals surface area (Å²) in [5.74, 6) is 0.148. The minimum Gasteiger partial charge on any atom is -0.330 e. The maximum Gasteiger partial charge on any atom is 0.230 e. The molecule has 0 saturated carbocycles. The standard InChI is InChI=1S/C11H16N2O2/c14-8-6-11(15)13(7-8)10-3-5-12-4-1-2-9(10)12/h9-10H,1-7H2. The Morgan fingerprint density at radius 1 is 1.07 bits per heavy atom. The second-order valence-corrected chi connectivity index (χ2v) is 4.84. The highest BCUT2D eigenvalue weighted by Crippen LogP contribution is 2.32. The van der Waals surface area contributed by atoms with E-state index in [1.807, 2.05) is 4.90 Å². The van der Waals surface area contributed by atoms with E-state index >= 15 is 0 Å². The molecule has 0 aromatic carbocycles. The quantitative estimate of drug-likeness (QED) is 0.571. The van der Waals surface area contributed by atoms with Crippen molar-refractivity contribution in [3.63, 3.8) is 0 Å². The van der Waals surface area contributed by atoms with E-state index in [9.17, 15) is 9.59 Å². The van der Waals surface area contributed by atoms with Gasteiger partial charge in [0.25, 0.3) is 0 Å². The summed E-state index contributed by atoms with van der Waals surface area (Å²) in [7, 11) is 0. The third-order valence-electron chi connectivity index (χ3n) is 3.99. The van der Waals surface area contributed by atoms with Gasteiger partial charge in [0.15, 0.2) is 5.78 Å². The lowest BCUT2D eigenvalue weighted by Crippen LogP contribution is -2.43. The maximum absolute atomic E-state index is 11.6. The molecule has 3 aliphatic rings. The summed E-state index contributed by atoms with van der Waals surface area (Å²) in [5, 5.41) is 0. The number of carbonyl (C=O) groups is 2. The number of nitrogens with zero attached hydrogens (tertiary/aromatic N) is 2. The third kappa shape index (κ3) is 1.39. The fourth-order valence-corrected chi connectivity index (χ4v) is 3.33. The van der Waals surface area contributed by atoms with Crippen molar-refractivity contribution >= 4 is 11.7 Å². The molecular formula is C11H16N2O2. The fourth-order valence-electron chi connectivity index (χ4n) is 3.33. The molecule has 3 fully saturated rings. The second-order valence-electron chi connectivity index (χ2n) is 4.84. The predicted molar refractivity (Wildman–Crippen MR) is 54.3 cm³/mol. The molecule has 4 nitrogen and oxygen atoms in total. The van der Waals surface area contributed by atoms with E-state index in [2.05, 4.69) is 4.90 Å². The van der Waals surface area contributed by atoms with Crippen LogP contribution in [0.5, 0.6) is 0 Å². The van der Waals surface area contributed by atoms with Gasteiger partial charge in [-0.05, 0) is 25.8 Å². The Morgan fingerprint density at radius 3 is 2.67 bits per heavy atom. The van der Waals surface area contributed by atoms with Crippen LogP contribution in [0.1, 0.15) is 25.7 Å². The predicted octanol–water partition coefficient (Wildman–Crippen LogP) is 0.0245. The molecule has 4 heteroatoms. The molecule has 0 bridgehead atoms. The number of likely N-dealkylation sites (tertiary alicyclic amines) is 1. The molecule has 0 aromatic heterocycles. The highest BCUT2D eigenvalue weighted by atomic mass is 16.2. The Bertz CT molecular complexity index is 316. The van der Waals surface area contributed by atoms with Crippen molar-refractivity contribution < 1.29 is 9.59 Å². The highest BCUT2D eigenvalue weighted by Gasteiger charge is 2.44. The van der Waals surface area contributed by atoms with Gasteiger partial charge in [0.2, 0.25) is 5.91 Å². The number of hydrogen-bond acceptors (Lipinski definition) is 3. The Hall–Kier alpha value is -0.900. The van der Waals surface area contributed by atoms with Crippen LogP contribution in [0.15, 0.2) is 0 Å². The molecule has 3 aliphatic heterocycles. The van der Waals surface area contributed by atoms with Crippen molar-refractivity contribution in [2.75, 3.05) is 19.6 Å². The number of fused-ring (bicyclic) bond motifs is 1. The van der Waals surface area contributed by atoms with Gasteiger partial charge in [-0.2, -0.15) is 0 Å². The largest absolute Gasteiger partial charge is 0.330 e. The van der Waals surface area contributed by atoms with Crippen LogP contribution >= 0.6 is 0 Å². The average Bonchev–Trinajstić information content (AvgIpc) is 2.80. The Morgan fingerprint density at radius 2 is 1.93 bits per heavy atom. The molecule has 1 amide bonds. The van der Waals surface area contributed by atoms with E-state index in [0.29, 0.717) is 18.6 Å². The zero-order chi connectivity index (χ0) is 10.4. The smallest absolute Gasteiger partial charge is 0.230 e. The lowest BCUT2D eigenvalue weighted by Gasteiger charge is -2.28. The number of amides is 1. The molecule has 82 valence electrons. The van der Waals surface area contributed by atoms with Gasteiger partial charge in [-0.1, -0.05) is 0 Å². The molecule has 2 unspecified atom stereocenters. The molecule has 0 spiro atoms.